The SMILES string of the molecule is [O-]N1C2=NC3(c4ccccn4)N4Cn5c(nc6ccccc65)N([O-])C4=NC3(c3ccccn3)N2Cn2c1nc1ccccc12. The van der Waals surface area contributed by atoms with Crippen molar-refractivity contribution in [2.24, 2.45) is 9.98 Å². The molecule has 0 saturated carbocycles. The molecule has 2 atom stereocenters. The monoisotopic (exact) mass is 580 g/mol. The molecular weight excluding hydrogens is 560 g/mol. The van der Waals surface area contributed by atoms with Crippen LogP contribution in [0.5, 0.6) is 0 Å². The highest BCUT2D eigenvalue weighted by Gasteiger charge is 2.73. The molecule has 6 aromatic rings. The number of anilines is 2. The van der Waals surface area contributed by atoms with Gasteiger partial charge in [-0.15, -0.1) is 0 Å². The molecule has 0 spiro atoms. The summed E-state index contributed by atoms with van der Waals surface area (Å²) in [6, 6.07) is 26.2. The fraction of sp³-hybridized carbons (Fsp3) is 0.133. The number of hydrogen-bond acceptors (Lipinski definition) is 12. The summed E-state index contributed by atoms with van der Waals surface area (Å²) in [7, 11) is 0. The molecule has 0 fully saturated rings. The first-order valence-electron chi connectivity index (χ1n) is 14.0. The molecule has 8 heterocycles. The van der Waals surface area contributed by atoms with E-state index in [1.807, 2.05) is 104 Å². The average Bonchev–Trinajstić information content (AvgIpc) is 3.79. The number of hydrogen-bond donors (Lipinski definition) is 0. The van der Waals surface area contributed by atoms with E-state index in [0.717, 1.165) is 21.2 Å². The highest BCUT2D eigenvalue weighted by molar-refractivity contribution is 6.05. The highest BCUT2D eigenvalue weighted by atomic mass is 16.5. The van der Waals surface area contributed by atoms with E-state index in [1.165, 1.54) is 0 Å². The zero-order chi connectivity index (χ0) is 29.2. The summed E-state index contributed by atoms with van der Waals surface area (Å²) in [5.74, 6) is 0.630. The van der Waals surface area contributed by atoms with Crippen LogP contribution in [0.15, 0.2) is 107 Å². The molecule has 0 N–H and O–H groups in total. The van der Waals surface area contributed by atoms with Crippen molar-refractivity contribution in [2.45, 2.75) is 24.7 Å². The van der Waals surface area contributed by atoms with Crippen molar-refractivity contribution >= 4 is 45.9 Å². The molecule has 2 unspecified atom stereocenters. The van der Waals surface area contributed by atoms with Crippen molar-refractivity contribution < 1.29 is 0 Å². The van der Waals surface area contributed by atoms with E-state index in [4.69, 9.17) is 20.0 Å². The first-order chi connectivity index (χ1) is 21.6. The first kappa shape index (κ1) is 23.7. The van der Waals surface area contributed by atoms with Gasteiger partial charge in [0.1, 0.15) is 13.3 Å². The van der Waals surface area contributed by atoms with Crippen molar-refractivity contribution in [3.63, 3.8) is 0 Å². The Morgan fingerprint density at radius 2 is 0.977 bits per heavy atom. The minimum Gasteiger partial charge on any atom is -0.749 e. The molecular formula is C30H20N12O2-2. The number of nitrogens with zero attached hydrogens (tertiary/aromatic N) is 12. The van der Waals surface area contributed by atoms with Crippen LogP contribution >= 0.6 is 0 Å². The summed E-state index contributed by atoms with van der Waals surface area (Å²) >= 11 is 0. The zero-order valence-corrected chi connectivity index (χ0v) is 22.8. The lowest BCUT2D eigenvalue weighted by Crippen LogP contribution is -2.62. The Balaban J connectivity index is 1.29. The number of guanidine groups is 2. The molecule has 0 radical (unpaired) electrons. The summed E-state index contributed by atoms with van der Waals surface area (Å²) in [5, 5.41) is 30.0. The van der Waals surface area contributed by atoms with Crippen LogP contribution in [0.1, 0.15) is 11.4 Å². The van der Waals surface area contributed by atoms with Crippen LogP contribution in [0.3, 0.4) is 0 Å². The van der Waals surface area contributed by atoms with E-state index in [0.29, 0.717) is 22.4 Å². The number of rotatable bonds is 2. The molecule has 214 valence electrons. The Hall–Kier alpha value is -5.86. The van der Waals surface area contributed by atoms with Crippen LogP contribution in [-0.4, -0.2) is 50.8 Å². The normalized spacial score (nSPS) is 23.3. The second-order valence-electron chi connectivity index (χ2n) is 11.0. The van der Waals surface area contributed by atoms with Gasteiger partial charge in [0.05, 0.1) is 33.5 Å². The van der Waals surface area contributed by atoms with Gasteiger partial charge in [0.25, 0.3) is 0 Å². The van der Waals surface area contributed by atoms with Gasteiger partial charge >= 0.3 is 0 Å². The van der Waals surface area contributed by atoms with E-state index in [2.05, 4.69) is 9.97 Å². The van der Waals surface area contributed by atoms with Crippen molar-refractivity contribution in [3.05, 3.63) is 119 Å². The predicted octanol–water partition coefficient (Wildman–Crippen LogP) is 3.48. The van der Waals surface area contributed by atoms with Crippen molar-refractivity contribution in [1.82, 2.24) is 38.9 Å². The molecule has 10 rings (SSSR count). The number of pyridine rings is 2. The maximum absolute atomic E-state index is 14.3. The smallest absolute Gasteiger partial charge is 0.232 e. The van der Waals surface area contributed by atoms with E-state index in [9.17, 15) is 10.4 Å². The standard InChI is InChI=1S/C30H20N12O2/c43-41-25-33-19-9-1-3-11-21(19)37(25)17-39-27(41)35-30(24-14-6-8-16-32-24)29(39,23-13-5-7-15-31-23)36-28-40(30)18-38-22-12-4-2-10-20(22)34-26(38)42(28)44/h1-16H,17-18H2/q-2. The van der Waals surface area contributed by atoms with Crippen LogP contribution in [0.25, 0.3) is 22.1 Å². The predicted molar refractivity (Wildman–Crippen MR) is 162 cm³/mol. The van der Waals surface area contributed by atoms with Crippen LogP contribution in [0, 0.1) is 10.4 Å². The molecule has 4 aromatic heterocycles. The molecule has 0 bridgehead atoms. The van der Waals surface area contributed by atoms with E-state index < -0.39 is 11.3 Å². The van der Waals surface area contributed by atoms with Crippen LogP contribution in [0.2, 0.25) is 0 Å². The lowest BCUT2D eigenvalue weighted by Gasteiger charge is -2.48. The highest BCUT2D eigenvalue weighted by Crippen LogP contribution is 2.60. The van der Waals surface area contributed by atoms with E-state index in [1.54, 1.807) is 12.4 Å². The average molecular weight is 581 g/mol. The van der Waals surface area contributed by atoms with Crippen LogP contribution < -0.4 is 10.1 Å². The summed E-state index contributed by atoms with van der Waals surface area (Å²) < 4.78 is 3.68. The largest absolute Gasteiger partial charge is 0.749 e. The maximum atomic E-state index is 14.3. The molecule has 44 heavy (non-hydrogen) atoms. The Bertz CT molecular complexity index is 2060. The molecule has 2 aromatic carbocycles. The van der Waals surface area contributed by atoms with Gasteiger partial charge in [0.2, 0.25) is 23.2 Å². The molecule has 0 amide bonds. The van der Waals surface area contributed by atoms with Crippen molar-refractivity contribution in [2.75, 3.05) is 10.1 Å². The number of aromatic nitrogens is 6. The molecule has 4 aliphatic rings. The minimum absolute atomic E-state index is 0.102. The Morgan fingerprint density at radius 3 is 1.41 bits per heavy atom. The van der Waals surface area contributed by atoms with Gasteiger partial charge < -0.3 is 20.5 Å². The maximum Gasteiger partial charge on any atom is 0.232 e. The van der Waals surface area contributed by atoms with Gasteiger partial charge in [-0.3, -0.25) is 28.9 Å². The van der Waals surface area contributed by atoms with Gasteiger partial charge in [0.15, 0.2) is 11.9 Å². The third-order valence-electron chi connectivity index (χ3n) is 8.88. The van der Waals surface area contributed by atoms with Gasteiger partial charge in [-0.05, 0) is 48.5 Å². The number of benzene rings is 2. The molecule has 14 nitrogen and oxygen atoms in total. The third-order valence-corrected chi connectivity index (χ3v) is 8.88. The van der Waals surface area contributed by atoms with E-state index in [-0.39, 0.29) is 37.2 Å². The number of imidazole rings is 2. The lowest BCUT2D eigenvalue weighted by atomic mass is 9.86. The second-order valence-corrected chi connectivity index (χ2v) is 11.0. The number of aliphatic imine (C=N–C) groups is 2. The van der Waals surface area contributed by atoms with Gasteiger partial charge in [-0.1, -0.05) is 36.4 Å². The van der Waals surface area contributed by atoms with Gasteiger partial charge in [-0.25, -0.2) is 20.0 Å². The van der Waals surface area contributed by atoms with Crippen molar-refractivity contribution in [3.8, 4) is 0 Å². The second kappa shape index (κ2) is 7.94. The first-order valence-corrected chi connectivity index (χ1v) is 14.0. The fourth-order valence-corrected chi connectivity index (χ4v) is 7.06. The fourth-order valence-electron chi connectivity index (χ4n) is 7.06. The topological polar surface area (TPSA) is 145 Å². The Morgan fingerprint density at radius 1 is 0.545 bits per heavy atom. The van der Waals surface area contributed by atoms with E-state index >= 15 is 0 Å². The number of fused-ring (bicyclic) bond motifs is 11. The Labute approximate surface area is 248 Å². The minimum atomic E-state index is -1.50. The van der Waals surface area contributed by atoms with Crippen LogP contribution in [-0.2, 0) is 24.7 Å². The zero-order valence-electron chi connectivity index (χ0n) is 22.8. The summed E-state index contributed by atoms with van der Waals surface area (Å²) in [6.07, 6.45) is 3.35. The van der Waals surface area contributed by atoms with Crippen molar-refractivity contribution in [1.29, 1.82) is 0 Å². The number of hydroxylamine groups is 2. The summed E-state index contributed by atoms with van der Waals surface area (Å²) in [5.41, 5.74) is 0.955. The lowest BCUT2D eigenvalue weighted by molar-refractivity contribution is 0.00375. The summed E-state index contributed by atoms with van der Waals surface area (Å²) in [6.45, 7) is 0.352. The molecule has 0 saturated heterocycles. The Kier molecular flexibility index (Phi) is 4.27. The molecule has 4 aliphatic heterocycles. The molecule has 0 aliphatic carbocycles. The summed E-state index contributed by atoms with van der Waals surface area (Å²) in [4.78, 5) is 33.0. The van der Waals surface area contributed by atoms with Crippen LogP contribution in [0.4, 0.5) is 11.9 Å². The quantitative estimate of drug-likeness (QED) is 0.298. The van der Waals surface area contributed by atoms with Gasteiger partial charge in [0, 0.05) is 12.4 Å². The number of para-hydroxylation sites is 4. The molecule has 14 heteroatoms. The van der Waals surface area contributed by atoms with Gasteiger partial charge in [-0.2, -0.15) is 0 Å². The third kappa shape index (κ3) is 2.59.